The Labute approximate surface area is 195 Å². The number of hydrogen-bond donors (Lipinski definition) is 1. The van der Waals surface area contributed by atoms with Crippen LogP contribution in [-0.4, -0.2) is 48.4 Å². The Kier molecular flexibility index (Phi) is 6.72. The molecule has 0 bridgehead atoms. The Morgan fingerprint density at radius 2 is 1.79 bits per heavy atom. The van der Waals surface area contributed by atoms with E-state index in [9.17, 15) is 14.7 Å². The van der Waals surface area contributed by atoms with Gasteiger partial charge in [-0.25, -0.2) is 0 Å². The summed E-state index contributed by atoms with van der Waals surface area (Å²) in [6.45, 7) is 2.59. The number of carbonyl (C=O) groups excluding carboxylic acids is 2. The summed E-state index contributed by atoms with van der Waals surface area (Å²) >= 11 is 0. The first-order valence-electron chi connectivity index (χ1n) is 11.7. The van der Waals surface area contributed by atoms with Gasteiger partial charge in [-0.3, -0.25) is 9.59 Å². The standard InChI is InChI=1S/C27H32N2O4/c1-4-16-33-22-11-7-8-19(17-22)25(30)23-24(18-12-14-20(15-13-18)28(2)3)29(27(32)26(23)31)21-9-5-6-10-21/h7-8,11-15,17,21,24,30H,4-6,9-10,16H2,1-3H3/b25-23-. The van der Waals surface area contributed by atoms with Gasteiger partial charge in [0.05, 0.1) is 18.2 Å². The number of amides is 1. The van der Waals surface area contributed by atoms with E-state index in [0.29, 0.717) is 17.9 Å². The first kappa shape index (κ1) is 22.9. The van der Waals surface area contributed by atoms with Crippen molar-refractivity contribution in [1.29, 1.82) is 0 Å². The fraction of sp³-hybridized carbons (Fsp3) is 0.407. The quantitative estimate of drug-likeness (QED) is 0.370. The Morgan fingerprint density at radius 1 is 1.09 bits per heavy atom. The predicted molar refractivity (Wildman–Crippen MR) is 129 cm³/mol. The molecule has 6 heteroatoms. The van der Waals surface area contributed by atoms with Crippen LogP contribution in [0.3, 0.4) is 0 Å². The minimum atomic E-state index is -0.624. The predicted octanol–water partition coefficient (Wildman–Crippen LogP) is 4.91. The maximum Gasteiger partial charge on any atom is 0.295 e. The van der Waals surface area contributed by atoms with Crippen LogP contribution in [0.25, 0.3) is 5.76 Å². The largest absolute Gasteiger partial charge is 0.507 e. The zero-order valence-corrected chi connectivity index (χ0v) is 19.6. The molecule has 1 saturated carbocycles. The number of benzene rings is 2. The van der Waals surface area contributed by atoms with Crippen molar-refractivity contribution in [2.24, 2.45) is 0 Å². The Hall–Kier alpha value is -3.28. The summed E-state index contributed by atoms with van der Waals surface area (Å²) in [5, 5.41) is 11.3. The van der Waals surface area contributed by atoms with E-state index >= 15 is 0 Å². The van der Waals surface area contributed by atoms with Crippen LogP contribution in [0.1, 0.15) is 56.2 Å². The number of likely N-dealkylation sites (tertiary alicyclic amines) is 1. The molecule has 1 heterocycles. The van der Waals surface area contributed by atoms with E-state index in [1.807, 2.05) is 56.3 Å². The van der Waals surface area contributed by atoms with Crippen LogP contribution in [-0.2, 0) is 9.59 Å². The molecule has 1 N–H and O–H groups in total. The SMILES string of the molecule is CCCOc1cccc(/C(O)=C2/C(=O)C(=O)N(C3CCCC3)C2c2ccc(N(C)C)cc2)c1. The van der Waals surface area contributed by atoms with Crippen molar-refractivity contribution in [1.82, 2.24) is 4.90 Å². The molecular weight excluding hydrogens is 416 g/mol. The molecule has 1 saturated heterocycles. The summed E-state index contributed by atoms with van der Waals surface area (Å²) in [7, 11) is 3.93. The maximum absolute atomic E-state index is 13.3. The van der Waals surface area contributed by atoms with E-state index in [2.05, 4.69) is 0 Å². The van der Waals surface area contributed by atoms with Gasteiger partial charge in [-0.2, -0.15) is 0 Å². The first-order valence-corrected chi connectivity index (χ1v) is 11.7. The van der Waals surface area contributed by atoms with Gasteiger partial charge in [0.25, 0.3) is 11.7 Å². The van der Waals surface area contributed by atoms with E-state index in [-0.39, 0.29) is 17.4 Å². The third kappa shape index (κ3) is 4.47. The zero-order valence-electron chi connectivity index (χ0n) is 19.6. The second-order valence-corrected chi connectivity index (χ2v) is 9.01. The molecule has 0 aromatic heterocycles. The summed E-state index contributed by atoms with van der Waals surface area (Å²) in [5.41, 5.74) is 2.48. The average Bonchev–Trinajstić information content (AvgIpc) is 3.44. The van der Waals surface area contributed by atoms with Gasteiger partial charge in [-0.1, -0.05) is 44.0 Å². The van der Waals surface area contributed by atoms with Crippen LogP contribution in [0.15, 0.2) is 54.1 Å². The van der Waals surface area contributed by atoms with Gasteiger partial charge < -0.3 is 19.6 Å². The van der Waals surface area contributed by atoms with Crippen LogP contribution >= 0.6 is 0 Å². The van der Waals surface area contributed by atoms with Gasteiger partial charge >= 0.3 is 0 Å². The highest BCUT2D eigenvalue weighted by Gasteiger charge is 2.49. The van der Waals surface area contributed by atoms with E-state index in [4.69, 9.17) is 4.74 Å². The van der Waals surface area contributed by atoms with Crippen LogP contribution in [0.5, 0.6) is 5.75 Å². The minimum Gasteiger partial charge on any atom is -0.507 e. The molecule has 1 unspecified atom stereocenters. The van der Waals surface area contributed by atoms with Crippen molar-refractivity contribution in [2.75, 3.05) is 25.6 Å². The summed E-state index contributed by atoms with van der Waals surface area (Å²) in [4.78, 5) is 30.2. The van der Waals surface area contributed by atoms with Gasteiger partial charge in [0.1, 0.15) is 11.5 Å². The molecule has 2 fully saturated rings. The maximum atomic E-state index is 13.3. The average molecular weight is 449 g/mol. The second-order valence-electron chi connectivity index (χ2n) is 9.01. The van der Waals surface area contributed by atoms with Crippen LogP contribution in [0.4, 0.5) is 5.69 Å². The summed E-state index contributed by atoms with van der Waals surface area (Å²) < 4.78 is 5.71. The molecule has 1 amide bonds. The van der Waals surface area contributed by atoms with Crippen LogP contribution in [0.2, 0.25) is 0 Å². The van der Waals surface area contributed by atoms with E-state index in [1.165, 1.54) is 0 Å². The molecular formula is C27H32N2O4. The zero-order chi connectivity index (χ0) is 23.5. The van der Waals surface area contributed by atoms with Crippen LogP contribution in [0, 0.1) is 0 Å². The molecule has 174 valence electrons. The van der Waals surface area contributed by atoms with Gasteiger partial charge in [0.2, 0.25) is 0 Å². The van der Waals surface area contributed by atoms with Gasteiger partial charge in [0, 0.05) is 31.4 Å². The number of ketones is 1. The molecule has 1 aliphatic heterocycles. The van der Waals surface area contributed by atoms with E-state index in [1.54, 1.807) is 23.1 Å². The second kappa shape index (κ2) is 9.69. The molecule has 0 radical (unpaired) electrons. The molecule has 1 aliphatic carbocycles. The number of hydrogen-bond acceptors (Lipinski definition) is 5. The van der Waals surface area contributed by atoms with E-state index < -0.39 is 17.7 Å². The number of carbonyl (C=O) groups is 2. The monoisotopic (exact) mass is 448 g/mol. The van der Waals surface area contributed by atoms with Crippen molar-refractivity contribution in [3.63, 3.8) is 0 Å². The lowest BCUT2D eigenvalue weighted by Gasteiger charge is -2.31. The minimum absolute atomic E-state index is 0.00416. The lowest BCUT2D eigenvalue weighted by molar-refractivity contribution is -0.141. The van der Waals surface area contributed by atoms with Crippen molar-refractivity contribution >= 4 is 23.1 Å². The van der Waals surface area contributed by atoms with Gasteiger partial charge in [-0.15, -0.1) is 0 Å². The first-order chi connectivity index (χ1) is 15.9. The lowest BCUT2D eigenvalue weighted by Crippen LogP contribution is -2.37. The number of anilines is 1. The van der Waals surface area contributed by atoms with Crippen molar-refractivity contribution in [3.05, 3.63) is 65.2 Å². The summed E-state index contributed by atoms with van der Waals surface area (Å²) in [6, 6.07) is 14.3. The normalized spacial score (nSPS) is 20.5. The van der Waals surface area contributed by atoms with Gasteiger partial charge in [-0.05, 0) is 49.1 Å². The Bertz CT molecular complexity index is 1050. The molecule has 1 atom stereocenters. The van der Waals surface area contributed by atoms with Gasteiger partial charge in [0.15, 0.2) is 0 Å². The molecule has 2 aromatic carbocycles. The Balaban J connectivity index is 1.81. The number of ether oxygens (including phenoxy) is 1. The number of Topliss-reactive ketones (excluding diaryl/α,β-unsaturated/α-hetero) is 1. The lowest BCUT2D eigenvalue weighted by atomic mass is 9.94. The highest BCUT2D eigenvalue weighted by Crippen LogP contribution is 2.43. The molecule has 0 spiro atoms. The van der Waals surface area contributed by atoms with Crippen LogP contribution < -0.4 is 9.64 Å². The fourth-order valence-electron chi connectivity index (χ4n) is 4.80. The molecule has 2 aliphatic rings. The van der Waals surface area contributed by atoms with Crippen molar-refractivity contribution in [2.45, 2.75) is 51.1 Å². The molecule has 33 heavy (non-hydrogen) atoms. The number of nitrogens with zero attached hydrogens (tertiary/aromatic N) is 2. The highest BCUT2D eigenvalue weighted by atomic mass is 16.5. The third-order valence-corrected chi connectivity index (χ3v) is 6.50. The highest BCUT2D eigenvalue weighted by molar-refractivity contribution is 6.46. The summed E-state index contributed by atoms with van der Waals surface area (Å²) in [5.74, 6) is -0.681. The molecule has 2 aromatic rings. The topological polar surface area (TPSA) is 70.1 Å². The fourth-order valence-corrected chi connectivity index (χ4v) is 4.80. The number of aliphatic hydroxyl groups is 1. The van der Waals surface area contributed by atoms with E-state index in [0.717, 1.165) is 43.4 Å². The van der Waals surface area contributed by atoms with Crippen molar-refractivity contribution in [3.8, 4) is 5.75 Å². The smallest absolute Gasteiger partial charge is 0.295 e. The third-order valence-electron chi connectivity index (χ3n) is 6.50. The molecule has 6 nitrogen and oxygen atoms in total. The number of rotatable bonds is 7. The summed E-state index contributed by atoms with van der Waals surface area (Å²) in [6.07, 6.45) is 4.69. The van der Waals surface area contributed by atoms with Crippen molar-refractivity contribution < 1.29 is 19.4 Å². The number of aliphatic hydroxyl groups excluding tert-OH is 1. The molecule has 4 rings (SSSR count). The Morgan fingerprint density at radius 3 is 2.42 bits per heavy atom.